The van der Waals surface area contributed by atoms with Gasteiger partial charge in [-0.05, 0) is 55.4 Å². The van der Waals surface area contributed by atoms with Crippen molar-refractivity contribution < 1.29 is 4.79 Å². The van der Waals surface area contributed by atoms with Crippen molar-refractivity contribution in [3.05, 3.63) is 54.4 Å². The fraction of sp³-hybridized carbons (Fsp3) is 0.375. The molecular weight excluding hydrogens is 420 g/mol. The van der Waals surface area contributed by atoms with Crippen LogP contribution in [-0.4, -0.2) is 36.9 Å². The molecule has 1 aliphatic rings. The molecule has 32 heavy (non-hydrogen) atoms. The van der Waals surface area contributed by atoms with Gasteiger partial charge in [0.25, 0.3) is 0 Å². The van der Waals surface area contributed by atoms with Crippen molar-refractivity contribution in [2.45, 2.75) is 56.1 Å². The number of nitriles is 1. The molecule has 1 aliphatic carbocycles. The van der Waals surface area contributed by atoms with Crippen molar-refractivity contribution in [2.24, 2.45) is 0 Å². The molecule has 0 bridgehead atoms. The third kappa shape index (κ3) is 4.53. The van der Waals surface area contributed by atoms with Crippen molar-refractivity contribution in [3.63, 3.8) is 0 Å². The van der Waals surface area contributed by atoms with Gasteiger partial charge >= 0.3 is 0 Å². The lowest BCUT2D eigenvalue weighted by Gasteiger charge is -2.21. The minimum Gasteiger partial charge on any atom is -0.337 e. The van der Waals surface area contributed by atoms with Crippen LogP contribution in [0.1, 0.15) is 51.0 Å². The summed E-state index contributed by atoms with van der Waals surface area (Å²) in [7, 11) is 0. The summed E-state index contributed by atoms with van der Waals surface area (Å²) in [5, 5.41) is 22.0. The first-order chi connectivity index (χ1) is 15.5. The Morgan fingerprint density at radius 3 is 2.69 bits per heavy atom. The molecule has 3 aromatic rings. The monoisotopic (exact) mass is 446 g/mol. The second-order valence-electron chi connectivity index (χ2n) is 8.33. The Balaban J connectivity index is 1.65. The van der Waals surface area contributed by atoms with Crippen LogP contribution in [0, 0.1) is 11.3 Å². The van der Waals surface area contributed by atoms with E-state index in [1.54, 1.807) is 12.4 Å². The first-order valence-corrected chi connectivity index (χ1v) is 11.8. The Labute approximate surface area is 192 Å². The zero-order valence-corrected chi connectivity index (χ0v) is 19.1. The number of aromatic nitrogens is 4. The number of amides is 1. The number of hydrogen-bond donors (Lipinski definition) is 1. The van der Waals surface area contributed by atoms with Crippen molar-refractivity contribution in [2.75, 3.05) is 5.75 Å². The maximum absolute atomic E-state index is 12.7. The van der Waals surface area contributed by atoms with E-state index in [-0.39, 0.29) is 11.7 Å². The van der Waals surface area contributed by atoms with Crippen LogP contribution >= 0.6 is 11.8 Å². The summed E-state index contributed by atoms with van der Waals surface area (Å²) in [6.45, 7) is 4.30. The van der Waals surface area contributed by atoms with E-state index in [1.807, 2.05) is 34.9 Å². The molecule has 7 nitrogen and oxygen atoms in total. The Bertz CT molecular complexity index is 1130. The maximum Gasteiger partial charge on any atom is 0.231 e. The summed E-state index contributed by atoms with van der Waals surface area (Å²) in [4.78, 5) is 16.9. The summed E-state index contributed by atoms with van der Waals surface area (Å²) in [5.74, 6) is 0.985. The highest BCUT2D eigenvalue weighted by atomic mass is 32.2. The fourth-order valence-corrected chi connectivity index (χ4v) is 4.86. The standard InChI is InChI=1S/C24H26N6OS/c1-17(2)19-9-3-4-10-20(19)30-22(18-8-7-13-26-14-18)28-29-23(30)32-15-21(31)27-24(16-25)11-5-6-12-24/h3-4,7-10,13-14,17H,5-6,11-12,15H2,1-2H3,(H,27,31). The molecule has 1 amide bonds. The summed E-state index contributed by atoms with van der Waals surface area (Å²) in [6.07, 6.45) is 6.84. The van der Waals surface area contributed by atoms with E-state index in [0.29, 0.717) is 29.7 Å². The molecule has 1 saturated carbocycles. The molecule has 0 unspecified atom stereocenters. The molecule has 0 atom stereocenters. The molecule has 1 fully saturated rings. The van der Waals surface area contributed by atoms with Gasteiger partial charge in [-0.2, -0.15) is 5.26 Å². The van der Waals surface area contributed by atoms with Gasteiger partial charge in [0.05, 0.1) is 17.5 Å². The third-order valence-electron chi connectivity index (χ3n) is 5.73. The lowest BCUT2D eigenvalue weighted by molar-refractivity contribution is -0.119. The SMILES string of the molecule is CC(C)c1ccccc1-n1c(SCC(=O)NC2(C#N)CCCC2)nnc1-c1cccnc1. The quantitative estimate of drug-likeness (QED) is 0.537. The third-order valence-corrected chi connectivity index (χ3v) is 6.66. The van der Waals surface area contributed by atoms with Crippen LogP contribution in [0.3, 0.4) is 0 Å². The Hall–Kier alpha value is -3.18. The van der Waals surface area contributed by atoms with Crippen LogP contribution in [0.5, 0.6) is 0 Å². The number of carbonyl (C=O) groups excluding carboxylic acids is 1. The predicted molar refractivity (Wildman–Crippen MR) is 124 cm³/mol. The van der Waals surface area contributed by atoms with E-state index in [4.69, 9.17) is 0 Å². The number of pyridine rings is 1. The van der Waals surface area contributed by atoms with Crippen LogP contribution < -0.4 is 5.32 Å². The van der Waals surface area contributed by atoms with Gasteiger partial charge < -0.3 is 5.32 Å². The Morgan fingerprint density at radius 2 is 2.00 bits per heavy atom. The van der Waals surface area contributed by atoms with Gasteiger partial charge in [-0.25, -0.2) is 0 Å². The van der Waals surface area contributed by atoms with Crippen LogP contribution in [0.25, 0.3) is 17.1 Å². The molecule has 4 rings (SSSR count). The number of hydrogen-bond acceptors (Lipinski definition) is 6. The van der Waals surface area contributed by atoms with E-state index in [0.717, 1.165) is 29.7 Å². The summed E-state index contributed by atoms with van der Waals surface area (Å²) in [6, 6.07) is 14.3. The molecule has 0 saturated heterocycles. The van der Waals surface area contributed by atoms with Gasteiger partial charge in [0.1, 0.15) is 5.54 Å². The van der Waals surface area contributed by atoms with Gasteiger partial charge in [-0.15, -0.1) is 10.2 Å². The first-order valence-electron chi connectivity index (χ1n) is 10.8. The van der Waals surface area contributed by atoms with E-state index in [2.05, 4.69) is 46.5 Å². The van der Waals surface area contributed by atoms with Gasteiger partial charge in [-0.1, -0.05) is 43.8 Å². The summed E-state index contributed by atoms with van der Waals surface area (Å²) >= 11 is 1.33. The fourth-order valence-electron chi connectivity index (χ4n) is 4.12. The second kappa shape index (κ2) is 9.53. The minimum absolute atomic E-state index is 0.159. The van der Waals surface area contributed by atoms with E-state index in [1.165, 1.54) is 11.8 Å². The maximum atomic E-state index is 12.7. The second-order valence-corrected chi connectivity index (χ2v) is 9.28. The average Bonchev–Trinajstić information content (AvgIpc) is 3.46. The van der Waals surface area contributed by atoms with Crippen LogP contribution in [0.2, 0.25) is 0 Å². The van der Waals surface area contributed by atoms with Gasteiger partial charge in [0.2, 0.25) is 5.91 Å². The molecular formula is C24H26N6OS. The van der Waals surface area contributed by atoms with Gasteiger partial charge in [0, 0.05) is 18.0 Å². The number of para-hydroxylation sites is 1. The number of carbonyl (C=O) groups is 1. The highest BCUT2D eigenvalue weighted by Crippen LogP contribution is 2.32. The average molecular weight is 447 g/mol. The molecule has 0 spiro atoms. The van der Waals surface area contributed by atoms with E-state index < -0.39 is 5.54 Å². The van der Waals surface area contributed by atoms with Crippen LogP contribution in [0.4, 0.5) is 0 Å². The van der Waals surface area contributed by atoms with E-state index >= 15 is 0 Å². The molecule has 2 aromatic heterocycles. The molecule has 1 N–H and O–H groups in total. The topological polar surface area (TPSA) is 96.5 Å². The normalized spacial score (nSPS) is 14.9. The van der Waals surface area contributed by atoms with Crippen molar-refractivity contribution in [1.29, 1.82) is 5.26 Å². The number of benzene rings is 1. The molecule has 164 valence electrons. The highest BCUT2D eigenvalue weighted by Gasteiger charge is 2.35. The van der Waals surface area contributed by atoms with Crippen molar-refractivity contribution in [1.82, 2.24) is 25.1 Å². The zero-order valence-electron chi connectivity index (χ0n) is 18.3. The van der Waals surface area contributed by atoms with Crippen LogP contribution in [-0.2, 0) is 4.79 Å². The number of rotatable bonds is 7. The number of thioether (sulfide) groups is 1. The largest absolute Gasteiger partial charge is 0.337 e. The molecule has 0 radical (unpaired) electrons. The lowest BCUT2D eigenvalue weighted by Crippen LogP contribution is -2.45. The summed E-state index contributed by atoms with van der Waals surface area (Å²) < 4.78 is 2.00. The lowest BCUT2D eigenvalue weighted by atomic mass is 10.0. The Morgan fingerprint density at radius 1 is 1.22 bits per heavy atom. The smallest absolute Gasteiger partial charge is 0.231 e. The Kier molecular flexibility index (Phi) is 6.56. The number of nitrogens with zero attached hydrogens (tertiary/aromatic N) is 5. The van der Waals surface area contributed by atoms with Crippen molar-refractivity contribution in [3.8, 4) is 23.1 Å². The molecule has 2 heterocycles. The highest BCUT2D eigenvalue weighted by molar-refractivity contribution is 7.99. The predicted octanol–water partition coefficient (Wildman–Crippen LogP) is 4.50. The molecule has 8 heteroatoms. The molecule has 0 aliphatic heterocycles. The van der Waals surface area contributed by atoms with Crippen molar-refractivity contribution >= 4 is 17.7 Å². The number of nitrogens with one attached hydrogen (secondary N) is 1. The zero-order chi connectivity index (χ0) is 22.6. The minimum atomic E-state index is -0.726. The van der Waals surface area contributed by atoms with Gasteiger partial charge in [0.15, 0.2) is 11.0 Å². The van der Waals surface area contributed by atoms with Crippen LogP contribution in [0.15, 0.2) is 53.9 Å². The first kappa shape index (κ1) is 22.0. The summed E-state index contributed by atoms with van der Waals surface area (Å²) in [5.41, 5.74) is 2.28. The van der Waals surface area contributed by atoms with E-state index in [9.17, 15) is 10.1 Å². The van der Waals surface area contributed by atoms with Gasteiger partial charge in [-0.3, -0.25) is 14.3 Å². The molecule has 1 aromatic carbocycles.